The molecule has 0 aromatic heterocycles. The van der Waals surface area contributed by atoms with Crippen molar-refractivity contribution in [2.45, 2.75) is 18.4 Å². The fourth-order valence-corrected chi connectivity index (χ4v) is 2.86. The van der Waals surface area contributed by atoms with E-state index < -0.39 is 16.1 Å². The van der Waals surface area contributed by atoms with Crippen molar-refractivity contribution < 1.29 is 17.9 Å². The molecule has 0 radical (unpaired) electrons. The summed E-state index contributed by atoms with van der Waals surface area (Å²) >= 11 is 0. The summed E-state index contributed by atoms with van der Waals surface area (Å²) in [6.07, 6.45) is 0. The monoisotopic (exact) mass is 349 g/mol. The van der Waals surface area contributed by atoms with Crippen molar-refractivity contribution in [1.82, 2.24) is 5.32 Å². The Morgan fingerprint density at radius 1 is 1.21 bits per heavy atom. The third-order valence-electron chi connectivity index (χ3n) is 3.43. The van der Waals surface area contributed by atoms with Crippen LogP contribution in [0.2, 0.25) is 0 Å². The van der Waals surface area contributed by atoms with Crippen LogP contribution in [0.4, 0.5) is 10.5 Å². The lowest BCUT2D eigenvalue weighted by Gasteiger charge is -2.12. The highest BCUT2D eigenvalue weighted by atomic mass is 32.2. The molecule has 0 aliphatic carbocycles. The van der Waals surface area contributed by atoms with Crippen molar-refractivity contribution in [3.63, 3.8) is 0 Å². The molecule has 0 saturated carbocycles. The van der Waals surface area contributed by atoms with E-state index in [0.717, 1.165) is 11.1 Å². The largest absolute Gasteiger partial charge is 0.495 e. The Hall–Kier alpha value is -2.58. The minimum absolute atomic E-state index is 0.114. The maximum Gasteiger partial charge on any atom is 0.319 e. The summed E-state index contributed by atoms with van der Waals surface area (Å²) in [6.45, 7) is 2.31. The lowest BCUT2D eigenvalue weighted by molar-refractivity contribution is 0.251. The molecule has 128 valence electrons. The van der Waals surface area contributed by atoms with Crippen LogP contribution in [0, 0.1) is 6.92 Å². The molecule has 0 spiro atoms. The highest BCUT2D eigenvalue weighted by Gasteiger charge is 2.16. The lowest BCUT2D eigenvalue weighted by Crippen LogP contribution is -2.28. The van der Waals surface area contributed by atoms with E-state index in [9.17, 15) is 13.2 Å². The van der Waals surface area contributed by atoms with Crippen LogP contribution in [0.15, 0.2) is 47.4 Å². The van der Waals surface area contributed by atoms with Crippen LogP contribution >= 0.6 is 0 Å². The molecule has 0 aliphatic heterocycles. The zero-order chi connectivity index (χ0) is 17.7. The SMILES string of the molecule is COc1ccc(NC(=O)NCc2ccccc2C)cc1S(N)(=O)=O. The van der Waals surface area contributed by atoms with Crippen molar-refractivity contribution in [3.8, 4) is 5.75 Å². The van der Waals surface area contributed by atoms with Gasteiger partial charge in [0.1, 0.15) is 10.6 Å². The molecule has 2 aromatic rings. The summed E-state index contributed by atoms with van der Waals surface area (Å²) in [5.41, 5.74) is 2.36. The van der Waals surface area contributed by atoms with E-state index >= 15 is 0 Å². The van der Waals surface area contributed by atoms with Crippen molar-refractivity contribution in [2.75, 3.05) is 12.4 Å². The molecular weight excluding hydrogens is 330 g/mol. The molecule has 2 rings (SSSR count). The van der Waals surface area contributed by atoms with Crippen molar-refractivity contribution in [3.05, 3.63) is 53.6 Å². The van der Waals surface area contributed by atoms with E-state index in [4.69, 9.17) is 9.88 Å². The van der Waals surface area contributed by atoms with Gasteiger partial charge in [-0.15, -0.1) is 0 Å². The number of anilines is 1. The highest BCUT2D eigenvalue weighted by Crippen LogP contribution is 2.26. The number of benzene rings is 2. The van der Waals surface area contributed by atoms with Crippen LogP contribution in [0.5, 0.6) is 5.75 Å². The number of nitrogens with two attached hydrogens (primary N) is 1. The van der Waals surface area contributed by atoms with E-state index in [1.807, 2.05) is 31.2 Å². The first kappa shape index (κ1) is 17.8. The molecule has 0 saturated heterocycles. The Morgan fingerprint density at radius 3 is 2.54 bits per heavy atom. The predicted molar refractivity (Wildman–Crippen MR) is 91.4 cm³/mol. The standard InChI is InChI=1S/C16H19N3O4S/c1-11-5-3-4-6-12(11)10-18-16(20)19-13-7-8-14(23-2)15(9-13)24(17,21)22/h3-9H,10H2,1-2H3,(H2,17,21,22)(H2,18,19,20). The van der Waals surface area contributed by atoms with Crippen LogP contribution < -0.4 is 20.5 Å². The topological polar surface area (TPSA) is 111 Å². The van der Waals surface area contributed by atoms with E-state index in [-0.39, 0.29) is 10.6 Å². The van der Waals surface area contributed by atoms with Crippen LogP contribution in [0.25, 0.3) is 0 Å². The van der Waals surface area contributed by atoms with Gasteiger partial charge in [-0.2, -0.15) is 0 Å². The molecule has 24 heavy (non-hydrogen) atoms. The van der Waals surface area contributed by atoms with Gasteiger partial charge in [-0.25, -0.2) is 18.4 Å². The first-order valence-electron chi connectivity index (χ1n) is 7.11. The fraction of sp³-hybridized carbons (Fsp3) is 0.188. The summed E-state index contributed by atoms with van der Waals surface area (Å²) < 4.78 is 28.1. The van der Waals surface area contributed by atoms with E-state index in [1.54, 1.807) is 0 Å². The van der Waals surface area contributed by atoms with Gasteiger partial charge in [0.25, 0.3) is 0 Å². The number of aryl methyl sites for hydroxylation is 1. The summed E-state index contributed by atoms with van der Waals surface area (Å²) in [7, 11) is -2.62. The second-order valence-corrected chi connectivity index (χ2v) is 6.67. The van der Waals surface area contributed by atoms with Gasteiger partial charge in [-0.1, -0.05) is 24.3 Å². The van der Waals surface area contributed by atoms with Crippen LogP contribution in [-0.4, -0.2) is 21.6 Å². The van der Waals surface area contributed by atoms with Crippen molar-refractivity contribution >= 4 is 21.7 Å². The van der Waals surface area contributed by atoms with Crippen molar-refractivity contribution in [1.29, 1.82) is 0 Å². The molecule has 2 aromatic carbocycles. The summed E-state index contributed by atoms with van der Waals surface area (Å²) in [5, 5.41) is 10.4. The summed E-state index contributed by atoms with van der Waals surface area (Å²) in [6, 6.07) is 11.4. The number of carbonyl (C=O) groups excluding carboxylic acids is 1. The molecule has 0 bridgehead atoms. The van der Waals surface area contributed by atoms with Gasteiger partial charge in [0.2, 0.25) is 10.0 Å². The number of amides is 2. The quantitative estimate of drug-likeness (QED) is 0.766. The number of ether oxygens (including phenoxy) is 1. The Bertz CT molecular complexity index is 850. The van der Waals surface area contributed by atoms with Crippen LogP contribution in [-0.2, 0) is 16.6 Å². The van der Waals surface area contributed by atoms with E-state index in [2.05, 4.69) is 10.6 Å². The lowest BCUT2D eigenvalue weighted by atomic mass is 10.1. The minimum Gasteiger partial charge on any atom is -0.495 e. The van der Waals surface area contributed by atoms with Gasteiger partial charge < -0.3 is 15.4 Å². The number of hydrogen-bond donors (Lipinski definition) is 3. The number of urea groups is 1. The zero-order valence-corrected chi connectivity index (χ0v) is 14.2. The number of carbonyl (C=O) groups is 1. The Morgan fingerprint density at radius 2 is 1.92 bits per heavy atom. The molecule has 0 atom stereocenters. The Kier molecular flexibility index (Phi) is 5.42. The molecule has 4 N–H and O–H groups in total. The smallest absolute Gasteiger partial charge is 0.319 e. The van der Waals surface area contributed by atoms with Gasteiger partial charge in [-0.05, 0) is 36.2 Å². The molecular formula is C16H19N3O4S. The number of hydrogen-bond acceptors (Lipinski definition) is 4. The molecule has 0 unspecified atom stereocenters. The average Bonchev–Trinajstić information content (AvgIpc) is 2.53. The summed E-state index contributed by atoms with van der Waals surface area (Å²) in [5.74, 6) is 0.114. The van der Waals surface area contributed by atoms with Gasteiger partial charge in [0.05, 0.1) is 7.11 Å². The summed E-state index contributed by atoms with van der Waals surface area (Å²) in [4.78, 5) is 11.8. The van der Waals surface area contributed by atoms with E-state index in [1.165, 1.54) is 25.3 Å². The zero-order valence-electron chi connectivity index (χ0n) is 13.4. The number of nitrogens with one attached hydrogen (secondary N) is 2. The second-order valence-electron chi connectivity index (χ2n) is 5.14. The van der Waals surface area contributed by atoms with Gasteiger partial charge in [-0.3, -0.25) is 0 Å². The molecule has 0 aliphatic rings. The third-order valence-corrected chi connectivity index (χ3v) is 4.36. The van der Waals surface area contributed by atoms with Crippen LogP contribution in [0.1, 0.15) is 11.1 Å². The minimum atomic E-state index is -3.96. The normalized spacial score (nSPS) is 11.0. The molecule has 8 heteroatoms. The van der Waals surface area contributed by atoms with Gasteiger partial charge in [0, 0.05) is 12.2 Å². The first-order chi connectivity index (χ1) is 11.3. The molecule has 2 amide bonds. The maximum atomic E-state index is 12.0. The number of primary sulfonamides is 1. The third kappa shape index (κ3) is 4.46. The van der Waals surface area contributed by atoms with Gasteiger partial charge in [0.15, 0.2) is 0 Å². The molecule has 0 heterocycles. The fourth-order valence-electron chi connectivity index (χ4n) is 2.14. The first-order valence-corrected chi connectivity index (χ1v) is 8.66. The van der Waals surface area contributed by atoms with Gasteiger partial charge >= 0.3 is 6.03 Å². The Labute approximate surface area is 140 Å². The molecule has 7 nitrogen and oxygen atoms in total. The molecule has 0 fully saturated rings. The second kappa shape index (κ2) is 7.33. The van der Waals surface area contributed by atoms with Crippen LogP contribution in [0.3, 0.4) is 0 Å². The Balaban J connectivity index is 2.08. The van der Waals surface area contributed by atoms with E-state index in [0.29, 0.717) is 12.2 Å². The average molecular weight is 349 g/mol. The predicted octanol–water partition coefficient (Wildman–Crippen LogP) is 1.97. The maximum absolute atomic E-state index is 12.0. The highest BCUT2D eigenvalue weighted by molar-refractivity contribution is 7.89. The number of sulfonamides is 1. The number of methoxy groups -OCH3 is 1. The number of rotatable bonds is 5. The van der Waals surface area contributed by atoms with Crippen molar-refractivity contribution in [2.24, 2.45) is 5.14 Å².